The largest absolute Gasteiger partial charge is 0.356 e. The molecule has 0 saturated carbocycles. The van der Waals surface area contributed by atoms with Gasteiger partial charge in [-0.1, -0.05) is 71.6 Å². The standard InChI is InChI=1S/C20H20N4OS2/c1-14-11-16-9-5-6-10-17(16)24(14)18(25)13-26-20-23-22-19(27-20)21-12-15-7-3-2-4-8-15/h2-10,14H,11-13H2,1H3,(H,21,22). The van der Waals surface area contributed by atoms with Gasteiger partial charge in [0.1, 0.15) is 0 Å². The lowest BCUT2D eigenvalue weighted by molar-refractivity contribution is -0.116. The van der Waals surface area contributed by atoms with Crippen molar-refractivity contribution in [3.63, 3.8) is 0 Å². The Bertz CT molecular complexity index is 928. The van der Waals surface area contributed by atoms with Crippen molar-refractivity contribution < 1.29 is 4.79 Å². The van der Waals surface area contributed by atoms with Crippen LogP contribution in [0.15, 0.2) is 58.9 Å². The first-order valence-electron chi connectivity index (χ1n) is 8.85. The molecule has 1 unspecified atom stereocenters. The number of rotatable bonds is 6. The number of benzene rings is 2. The first-order chi connectivity index (χ1) is 13.2. The van der Waals surface area contributed by atoms with E-state index in [-0.39, 0.29) is 11.9 Å². The molecule has 2 heterocycles. The van der Waals surface area contributed by atoms with Crippen LogP contribution in [-0.2, 0) is 17.8 Å². The predicted octanol–water partition coefficient (Wildman–Crippen LogP) is 4.22. The van der Waals surface area contributed by atoms with E-state index in [1.165, 1.54) is 34.2 Å². The topological polar surface area (TPSA) is 58.1 Å². The van der Waals surface area contributed by atoms with Crippen molar-refractivity contribution in [2.45, 2.75) is 30.3 Å². The highest BCUT2D eigenvalue weighted by Gasteiger charge is 2.30. The SMILES string of the molecule is CC1Cc2ccccc2N1C(=O)CSc1nnc(NCc2ccccc2)s1. The Morgan fingerprint density at radius 3 is 2.81 bits per heavy atom. The molecule has 138 valence electrons. The smallest absolute Gasteiger partial charge is 0.237 e. The van der Waals surface area contributed by atoms with Crippen molar-refractivity contribution >= 4 is 39.8 Å². The summed E-state index contributed by atoms with van der Waals surface area (Å²) in [6.45, 7) is 2.81. The summed E-state index contributed by atoms with van der Waals surface area (Å²) in [6, 6.07) is 18.5. The van der Waals surface area contributed by atoms with Gasteiger partial charge in [0.25, 0.3) is 0 Å². The van der Waals surface area contributed by atoms with Gasteiger partial charge in [-0.3, -0.25) is 4.79 Å². The second-order valence-electron chi connectivity index (χ2n) is 6.45. The quantitative estimate of drug-likeness (QED) is 0.632. The number of para-hydroxylation sites is 1. The Labute approximate surface area is 166 Å². The second-order valence-corrected chi connectivity index (χ2v) is 8.65. The molecule has 27 heavy (non-hydrogen) atoms. The van der Waals surface area contributed by atoms with Crippen molar-refractivity contribution in [1.82, 2.24) is 10.2 Å². The van der Waals surface area contributed by atoms with Gasteiger partial charge in [-0.2, -0.15) is 0 Å². The zero-order valence-corrected chi connectivity index (χ0v) is 16.6. The van der Waals surface area contributed by atoms with Crippen molar-refractivity contribution in [2.24, 2.45) is 0 Å². The zero-order chi connectivity index (χ0) is 18.6. The molecule has 2 aromatic carbocycles. The summed E-state index contributed by atoms with van der Waals surface area (Å²) in [5.41, 5.74) is 3.48. The highest BCUT2D eigenvalue weighted by molar-refractivity contribution is 8.01. The molecule has 1 N–H and O–H groups in total. The number of nitrogens with one attached hydrogen (secondary N) is 1. The van der Waals surface area contributed by atoms with Crippen LogP contribution >= 0.6 is 23.1 Å². The predicted molar refractivity (Wildman–Crippen MR) is 111 cm³/mol. The third kappa shape index (κ3) is 4.14. The third-order valence-corrected chi connectivity index (χ3v) is 6.49. The number of carbonyl (C=O) groups is 1. The minimum Gasteiger partial charge on any atom is -0.356 e. The average Bonchev–Trinajstić information content (AvgIpc) is 3.28. The van der Waals surface area contributed by atoms with Gasteiger partial charge < -0.3 is 10.2 Å². The van der Waals surface area contributed by atoms with Crippen molar-refractivity contribution in [3.8, 4) is 0 Å². The Balaban J connectivity index is 1.33. The normalized spacial score (nSPS) is 15.6. The van der Waals surface area contributed by atoms with Crippen molar-refractivity contribution in [2.75, 3.05) is 16.0 Å². The molecule has 0 saturated heterocycles. The van der Waals surface area contributed by atoms with Crippen LogP contribution in [0.4, 0.5) is 10.8 Å². The van der Waals surface area contributed by atoms with Crippen LogP contribution in [0, 0.1) is 0 Å². The van der Waals surface area contributed by atoms with Gasteiger partial charge in [-0.05, 0) is 30.5 Å². The molecular formula is C20H20N4OS2. The van der Waals surface area contributed by atoms with Crippen LogP contribution in [0.1, 0.15) is 18.1 Å². The van der Waals surface area contributed by atoms with Gasteiger partial charge in [0.15, 0.2) is 4.34 Å². The van der Waals surface area contributed by atoms with E-state index in [9.17, 15) is 4.79 Å². The summed E-state index contributed by atoms with van der Waals surface area (Å²) in [4.78, 5) is 14.7. The molecule has 4 rings (SSSR count). The van der Waals surface area contributed by atoms with Crippen LogP contribution in [0.5, 0.6) is 0 Å². The first-order valence-corrected chi connectivity index (χ1v) is 10.6. The van der Waals surface area contributed by atoms with E-state index < -0.39 is 0 Å². The number of aromatic nitrogens is 2. The summed E-state index contributed by atoms with van der Waals surface area (Å²) < 4.78 is 0.805. The van der Waals surface area contributed by atoms with E-state index in [0.717, 1.165) is 21.6 Å². The molecule has 0 bridgehead atoms. The summed E-state index contributed by atoms with van der Waals surface area (Å²) in [6.07, 6.45) is 0.916. The number of nitrogens with zero attached hydrogens (tertiary/aromatic N) is 3. The molecule has 1 amide bonds. The fourth-order valence-corrected chi connectivity index (χ4v) is 4.86. The third-order valence-electron chi connectivity index (χ3n) is 4.49. The highest BCUT2D eigenvalue weighted by atomic mass is 32.2. The Morgan fingerprint density at radius 2 is 1.96 bits per heavy atom. The number of thioether (sulfide) groups is 1. The maximum Gasteiger partial charge on any atom is 0.237 e. The molecule has 1 atom stereocenters. The number of hydrogen-bond acceptors (Lipinski definition) is 6. The number of fused-ring (bicyclic) bond motifs is 1. The van der Waals surface area contributed by atoms with E-state index in [2.05, 4.69) is 40.6 Å². The fourth-order valence-electron chi connectivity index (χ4n) is 3.25. The van der Waals surface area contributed by atoms with Crippen LogP contribution in [0.3, 0.4) is 0 Å². The molecular weight excluding hydrogens is 376 g/mol. The van der Waals surface area contributed by atoms with Crippen molar-refractivity contribution in [1.29, 1.82) is 0 Å². The van der Waals surface area contributed by atoms with Gasteiger partial charge >= 0.3 is 0 Å². The maximum atomic E-state index is 12.8. The lowest BCUT2D eigenvalue weighted by Gasteiger charge is -2.22. The summed E-state index contributed by atoms with van der Waals surface area (Å²) >= 11 is 2.93. The van der Waals surface area contributed by atoms with Crippen LogP contribution in [-0.4, -0.2) is 27.9 Å². The van der Waals surface area contributed by atoms with E-state index in [4.69, 9.17) is 0 Å². The van der Waals surface area contributed by atoms with E-state index in [0.29, 0.717) is 12.3 Å². The van der Waals surface area contributed by atoms with Crippen LogP contribution in [0.25, 0.3) is 0 Å². The van der Waals surface area contributed by atoms with Crippen LogP contribution in [0.2, 0.25) is 0 Å². The second kappa shape index (κ2) is 8.10. The minimum atomic E-state index is 0.117. The molecule has 1 aromatic heterocycles. The van der Waals surface area contributed by atoms with Gasteiger partial charge in [0.05, 0.1) is 5.75 Å². The number of carbonyl (C=O) groups excluding carboxylic acids is 1. The fraction of sp³-hybridized carbons (Fsp3) is 0.250. The molecule has 0 aliphatic carbocycles. The Hall–Kier alpha value is -2.38. The molecule has 0 radical (unpaired) electrons. The van der Waals surface area contributed by atoms with Crippen LogP contribution < -0.4 is 10.2 Å². The monoisotopic (exact) mass is 396 g/mol. The first kappa shape index (κ1) is 18.0. The Morgan fingerprint density at radius 1 is 1.19 bits per heavy atom. The molecule has 7 heteroatoms. The number of hydrogen-bond donors (Lipinski definition) is 1. The molecule has 3 aromatic rings. The van der Waals surface area contributed by atoms with Gasteiger partial charge in [-0.25, -0.2) is 0 Å². The van der Waals surface area contributed by atoms with Gasteiger partial charge in [0.2, 0.25) is 11.0 Å². The summed E-state index contributed by atoms with van der Waals surface area (Å²) in [7, 11) is 0. The van der Waals surface area contributed by atoms with Gasteiger partial charge in [0, 0.05) is 18.3 Å². The van der Waals surface area contributed by atoms with E-state index in [1.807, 2.05) is 41.3 Å². The maximum absolute atomic E-state index is 12.8. The average molecular weight is 397 g/mol. The molecule has 0 fully saturated rings. The molecule has 0 spiro atoms. The summed E-state index contributed by atoms with van der Waals surface area (Å²) in [5.74, 6) is 0.484. The lowest BCUT2D eigenvalue weighted by Crippen LogP contribution is -2.36. The van der Waals surface area contributed by atoms with Gasteiger partial charge in [-0.15, -0.1) is 10.2 Å². The zero-order valence-electron chi connectivity index (χ0n) is 15.0. The Kier molecular flexibility index (Phi) is 5.40. The minimum absolute atomic E-state index is 0.117. The van der Waals surface area contributed by atoms with Crippen molar-refractivity contribution in [3.05, 3.63) is 65.7 Å². The molecule has 1 aliphatic heterocycles. The lowest BCUT2D eigenvalue weighted by atomic mass is 10.1. The highest BCUT2D eigenvalue weighted by Crippen LogP contribution is 2.33. The number of anilines is 2. The molecule has 1 aliphatic rings. The molecule has 5 nitrogen and oxygen atoms in total. The summed E-state index contributed by atoms with van der Waals surface area (Å²) in [5, 5.41) is 12.4. The number of amides is 1. The van der Waals surface area contributed by atoms with E-state index >= 15 is 0 Å². The van der Waals surface area contributed by atoms with E-state index in [1.54, 1.807) is 0 Å².